The van der Waals surface area contributed by atoms with E-state index in [-0.39, 0.29) is 12.2 Å². The van der Waals surface area contributed by atoms with Crippen LogP contribution >= 0.6 is 27.5 Å². The summed E-state index contributed by atoms with van der Waals surface area (Å²) in [4.78, 5) is 0. The maximum atomic E-state index is 9.38. The smallest absolute Gasteiger partial charge is 0.139 e. The largest absolute Gasteiger partial charge is 0.489 e. The first-order valence-electron chi connectivity index (χ1n) is 4.95. The summed E-state index contributed by atoms with van der Waals surface area (Å²) in [7, 11) is 0. The third-order valence-corrected chi connectivity index (χ3v) is 3.35. The van der Waals surface area contributed by atoms with E-state index in [9.17, 15) is 5.11 Å². The lowest BCUT2D eigenvalue weighted by Gasteiger charge is -2.14. The van der Waals surface area contributed by atoms with Gasteiger partial charge in [-0.2, -0.15) is 0 Å². The van der Waals surface area contributed by atoms with Crippen LogP contribution in [0.2, 0.25) is 5.02 Å². The molecule has 2 rings (SSSR count). The molecule has 1 fully saturated rings. The summed E-state index contributed by atoms with van der Waals surface area (Å²) in [6.45, 7) is 0. The molecule has 82 valence electrons. The van der Waals surface area contributed by atoms with E-state index < -0.39 is 0 Å². The fourth-order valence-corrected chi connectivity index (χ4v) is 2.27. The predicted molar refractivity (Wildman–Crippen MR) is 63.4 cm³/mol. The van der Waals surface area contributed by atoms with Gasteiger partial charge in [0.15, 0.2) is 0 Å². The fourth-order valence-electron chi connectivity index (χ4n) is 1.77. The lowest BCUT2D eigenvalue weighted by atomic mass is 10.3. The van der Waals surface area contributed by atoms with Crippen LogP contribution in [0, 0.1) is 0 Å². The van der Waals surface area contributed by atoms with Gasteiger partial charge in [-0.05, 0) is 31.0 Å². The van der Waals surface area contributed by atoms with Crippen molar-refractivity contribution in [3.63, 3.8) is 0 Å². The molecule has 0 bridgehead atoms. The third-order valence-electron chi connectivity index (χ3n) is 2.54. The molecule has 15 heavy (non-hydrogen) atoms. The van der Waals surface area contributed by atoms with Crippen LogP contribution in [0.3, 0.4) is 0 Å². The average Bonchev–Trinajstić information content (AvgIpc) is 2.58. The fraction of sp³-hybridized carbons (Fsp3) is 0.455. The van der Waals surface area contributed by atoms with Crippen LogP contribution < -0.4 is 4.74 Å². The number of ether oxygens (including phenoxy) is 1. The van der Waals surface area contributed by atoms with Gasteiger partial charge in [-0.3, -0.25) is 0 Å². The molecule has 1 N–H and O–H groups in total. The highest BCUT2D eigenvalue weighted by Crippen LogP contribution is 2.32. The molecule has 1 aliphatic rings. The standard InChI is InChI=1S/C11H12BrClO2/c12-7-1-4-10(13)11(5-7)15-9-3-2-8(14)6-9/h1,4-5,8-9,14H,2-3,6H2/t8-,9+/m1/s1. The Morgan fingerprint density at radius 2 is 2.20 bits per heavy atom. The summed E-state index contributed by atoms with van der Waals surface area (Å²) in [5.74, 6) is 0.685. The van der Waals surface area contributed by atoms with Gasteiger partial charge in [0.1, 0.15) is 11.9 Å². The zero-order valence-electron chi connectivity index (χ0n) is 8.12. The molecule has 0 aliphatic heterocycles. The van der Waals surface area contributed by atoms with Crippen molar-refractivity contribution in [3.8, 4) is 5.75 Å². The molecule has 0 heterocycles. The highest BCUT2D eigenvalue weighted by atomic mass is 79.9. The van der Waals surface area contributed by atoms with Crippen molar-refractivity contribution in [3.05, 3.63) is 27.7 Å². The summed E-state index contributed by atoms with van der Waals surface area (Å²) in [5.41, 5.74) is 0. The molecular weight excluding hydrogens is 279 g/mol. The van der Waals surface area contributed by atoms with Crippen LogP contribution in [0.25, 0.3) is 0 Å². The number of halogens is 2. The van der Waals surface area contributed by atoms with Crippen LogP contribution in [-0.2, 0) is 0 Å². The molecule has 1 saturated carbocycles. The van der Waals surface area contributed by atoms with Crippen molar-refractivity contribution in [1.29, 1.82) is 0 Å². The van der Waals surface area contributed by atoms with Crippen molar-refractivity contribution in [2.75, 3.05) is 0 Å². The van der Waals surface area contributed by atoms with Crippen molar-refractivity contribution >= 4 is 27.5 Å². The van der Waals surface area contributed by atoms with Gasteiger partial charge in [0, 0.05) is 10.9 Å². The van der Waals surface area contributed by atoms with E-state index in [1.54, 1.807) is 6.07 Å². The lowest BCUT2D eigenvalue weighted by molar-refractivity contribution is 0.150. The summed E-state index contributed by atoms with van der Waals surface area (Å²) in [5, 5.41) is 9.99. The van der Waals surface area contributed by atoms with E-state index in [0.717, 1.165) is 17.3 Å². The van der Waals surface area contributed by atoms with E-state index in [0.29, 0.717) is 17.2 Å². The zero-order valence-corrected chi connectivity index (χ0v) is 10.5. The Balaban J connectivity index is 2.07. The van der Waals surface area contributed by atoms with Crippen molar-refractivity contribution < 1.29 is 9.84 Å². The lowest BCUT2D eigenvalue weighted by Crippen LogP contribution is -2.13. The molecule has 0 aromatic heterocycles. The van der Waals surface area contributed by atoms with Gasteiger partial charge < -0.3 is 9.84 Å². The molecule has 0 radical (unpaired) electrons. The minimum atomic E-state index is -0.221. The van der Waals surface area contributed by atoms with Gasteiger partial charge in [-0.1, -0.05) is 27.5 Å². The minimum Gasteiger partial charge on any atom is -0.489 e. The summed E-state index contributed by atoms with van der Waals surface area (Å²) in [6.07, 6.45) is 2.27. The van der Waals surface area contributed by atoms with Crippen LogP contribution in [-0.4, -0.2) is 17.3 Å². The third kappa shape index (κ3) is 2.86. The second-order valence-corrected chi connectivity index (χ2v) is 5.10. The molecule has 2 atom stereocenters. The first-order valence-corrected chi connectivity index (χ1v) is 6.12. The molecule has 1 aromatic rings. The SMILES string of the molecule is O[C@@H]1CC[C@H](Oc2cc(Br)ccc2Cl)C1. The van der Waals surface area contributed by atoms with Gasteiger partial charge >= 0.3 is 0 Å². The molecule has 1 aromatic carbocycles. The average molecular weight is 292 g/mol. The number of benzene rings is 1. The molecule has 0 saturated heterocycles. The molecular formula is C11H12BrClO2. The second kappa shape index (κ2) is 4.73. The van der Waals surface area contributed by atoms with Crippen molar-refractivity contribution in [2.24, 2.45) is 0 Å². The molecule has 1 aliphatic carbocycles. The first-order chi connectivity index (χ1) is 7.15. The molecule has 2 nitrogen and oxygen atoms in total. The normalized spacial score (nSPS) is 25.5. The van der Waals surface area contributed by atoms with Crippen LogP contribution in [0.4, 0.5) is 0 Å². The monoisotopic (exact) mass is 290 g/mol. The van der Waals surface area contributed by atoms with E-state index in [1.807, 2.05) is 12.1 Å². The van der Waals surface area contributed by atoms with Crippen LogP contribution in [0.5, 0.6) is 5.75 Å². The quantitative estimate of drug-likeness (QED) is 0.905. The number of rotatable bonds is 2. The zero-order chi connectivity index (χ0) is 10.8. The maximum Gasteiger partial charge on any atom is 0.139 e. The topological polar surface area (TPSA) is 29.5 Å². The Kier molecular flexibility index (Phi) is 3.54. The van der Waals surface area contributed by atoms with E-state index in [4.69, 9.17) is 16.3 Å². The van der Waals surface area contributed by atoms with Gasteiger partial charge in [0.2, 0.25) is 0 Å². The van der Waals surface area contributed by atoms with Gasteiger partial charge in [0.25, 0.3) is 0 Å². The Morgan fingerprint density at radius 1 is 1.40 bits per heavy atom. The summed E-state index contributed by atoms with van der Waals surface area (Å²) in [6, 6.07) is 5.53. The number of aliphatic hydroxyl groups is 1. The Labute approximate surface area is 102 Å². The van der Waals surface area contributed by atoms with E-state index in [1.165, 1.54) is 0 Å². The summed E-state index contributed by atoms with van der Waals surface area (Å²) < 4.78 is 6.68. The predicted octanol–water partition coefficient (Wildman–Crippen LogP) is 3.39. The van der Waals surface area contributed by atoms with Crippen molar-refractivity contribution in [1.82, 2.24) is 0 Å². The van der Waals surface area contributed by atoms with Gasteiger partial charge in [-0.15, -0.1) is 0 Å². The number of hydrogen-bond acceptors (Lipinski definition) is 2. The van der Waals surface area contributed by atoms with E-state index >= 15 is 0 Å². The molecule has 0 spiro atoms. The number of hydrogen-bond donors (Lipinski definition) is 1. The van der Waals surface area contributed by atoms with Crippen LogP contribution in [0.15, 0.2) is 22.7 Å². The van der Waals surface area contributed by atoms with E-state index in [2.05, 4.69) is 15.9 Å². The summed E-state index contributed by atoms with van der Waals surface area (Å²) >= 11 is 9.37. The molecule has 4 heteroatoms. The molecule has 0 amide bonds. The highest BCUT2D eigenvalue weighted by Gasteiger charge is 2.24. The van der Waals surface area contributed by atoms with Gasteiger partial charge in [-0.25, -0.2) is 0 Å². The number of aliphatic hydroxyl groups excluding tert-OH is 1. The Hall–Kier alpha value is -0.250. The van der Waals surface area contributed by atoms with Gasteiger partial charge in [0.05, 0.1) is 11.1 Å². The Morgan fingerprint density at radius 3 is 2.87 bits per heavy atom. The van der Waals surface area contributed by atoms with Crippen molar-refractivity contribution in [2.45, 2.75) is 31.5 Å². The molecule has 0 unspecified atom stereocenters. The van der Waals surface area contributed by atoms with Crippen LogP contribution in [0.1, 0.15) is 19.3 Å². The first kappa shape index (κ1) is 11.2. The minimum absolute atomic E-state index is 0.0896. The highest BCUT2D eigenvalue weighted by molar-refractivity contribution is 9.10. The second-order valence-electron chi connectivity index (χ2n) is 3.78. The maximum absolute atomic E-state index is 9.38. The Bertz CT molecular complexity index is 356.